The van der Waals surface area contributed by atoms with E-state index in [0.29, 0.717) is 11.5 Å². The van der Waals surface area contributed by atoms with Gasteiger partial charge in [-0.3, -0.25) is 0 Å². The molecule has 1 aliphatic carbocycles. The van der Waals surface area contributed by atoms with Gasteiger partial charge in [0, 0.05) is 5.56 Å². The van der Waals surface area contributed by atoms with E-state index in [1.165, 1.54) is 24.5 Å². The highest BCUT2D eigenvalue weighted by molar-refractivity contribution is 5.30. The minimum absolute atomic E-state index is 0.139. The zero-order chi connectivity index (χ0) is 18.4. The Morgan fingerprint density at radius 1 is 0.923 bits per heavy atom. The van der Waals surface area contributed by atoms with Crippen molar-refractivity contribution in [1.29, 1.82) is 0 Å². The van der Waals surface area contributed by atoms with Crippen molar-refractivity contribution >= 4 is 0 Å². The maximum atomic E-state index is 13.9. The molecular formula is C22H27F2NO. The average molecular weight is 359 g/mol. The number of nitrogens with zero attached hydrogens (tertiary/aromatic N) is 1. The van der Waals surface area contributed by atoms with Crippen molar-refractivity contribution in [2.45, 2.75) is 63.7 Å². The van der Waals surface area contributed by atoms with Gasteiger partial charge in [-0.1, -0.05) is 31.9 Å². The normalized spacial score (nSPS) is 20.1. The lowest BCUT2D eigenvalue weighted by Gasteiger charge is -2.29. The molecule has 4 heteroatoms. The van der Waals surface area contributed by atoms with E-state index in [2.05, 4.69) is 36.2 Å². The molecule has 1 aromatic carbocycles. The smallest absolute Gasteiger partial charge is 0.218 e. The van der Waals surface area contributed by atoms with Gasteiger partial charge in [0.15, 0.2) is 0 Å². The van der Waals surface area contributed by atoms with Crippen molar-refractivity contribution in [2.24, 2.45) is 0 Å². The number of unbranched alkanes of at least 4 members (excludes halogenated alkanes) is 2. The molecule has 0 amide bonds. The molecule has 0 saturated heterocycles. The predicted molar refractivity (Wildman–Crippen MR) is 99.6 cm³/mol. The van der Waals surface area contributed by atoms with Crippen LogP contribution < -0.4 is 4.74 Å². The van der Waals surface area contributed by atoms with Crippen molar-refractivity contribution in [3.63, 3.8) is 0 Å². The maximum Gasteiger partial charge on any atom is 0.218 e. The van der Waals surface area contributed by atoms with Gasteiger partial charge in [0.25, 0.3) is 0 Å². The van der Waals surface area contributed by atoms with Crippen LogP contribution in [0.4, 0.5) is 8.78 Å². The lowest BCUT2D eigenvalue weighted by Crippen LogP contribution is -2.14. The maximum absolute atomic E-state index is 13.9. The minimum Gasteiger partial charge on any atom is -0.494 e. The Morgan fingerprint density at radius 3 is 2.27 bits per heavy atom. The summed E-state index contributed by atoms with van der Waals surface area (Å²) in [4.78, 5) is 3.32. The molecule has 0 unspecified atom stereocenters. The molecule has 0 spiro atoms. The second-order valence-corrected chi connectivity index (χ2v) is 7.19. The number of pyridine rings is 1. The number of benzene rings is 1. The first-order valence-electron chi connectivity index (χ1n) is 9.72. The van der Waals surface area contributed by atoms with Gasteiger partial charge < -0.3 is 4.74 Å². The van der Waals surface area contributed by atoms with Crippen LogP contribution in [-0.4, -0.2) is 11.6 Å². The summed E-state index contributed by atoms with van der Waals surface area (Å²) in [5, 5.41) is 0. The third kappa shape index (κ3) is 4.80. The van der Waals surface area contributed by atoms with Crippen LogP contribution in [0.15, 0.2) is 36.4 Å². The topological polar surface area (TPSA) is 22.1 Å². The fourth-order valence-electron chi connectivity index (χ4n) is 3.84. The number of ether oxygens (including phenoxy) is 1. The molecule has 0 radical (unpaired) electrons. The van der Waals surface area contributed by atoms with E-state index in [1.807, 2.05) is 0 Å². The number of halogens is 2. The van der Waals surface area contributed by atoms with E-state index < -0.39 is 11.9 Å². The molecule has 3 rings (SSSR count). The third-order valence-corrected chi connectivity index (χ3v) is 5.38. The molecule has 1 saturated carbocycles. The summed E-state index contributed by atoms with van der Waals surface area (Å²) >= 11 is 0. The number of hydrogen-bond donors (Lipinski definition) is 0. The molecule has 0 N–H and O–H groups in total. The lowest BCUT2D eigenvalue weighted by molar-refractivity contribution is 0.306. The highest BCUT2D eigenvalue weighted by atomic mass is 19.1. The van der Waals surface area contributed by atoms with Gasteiger partial charge in [-0.15, -0.1) is 0 Å². The first-order valence-corrected chi connectivity index (χ1v) is 9.72. The van der Waals surface area contributed by atoms with Crippen molar-refractivity contribution in [1.82, 2.24) is 4.98 Å². The molecule has 140 valence electrons. The monoisotopic (exact) mass is 359 g/mol. The quantitative estimate of drug-likeness (QED) is 0.423. The second-order valence-electron chi connectivity index (χ2n) is 7.19. The highest BCUT2D eigenvalue weighted by Gasteiger charge is 2.25. The summed E-state index contributed by atoms with van der Waals surface area (Å²) in [6.07, 6.45) is 7.33. The van der Waals surface area contributed by atoms with Crippen LogP contribution in [0.1, 0.15) is 74.8 Å². The molecule has 2 nitrogen and oxygen atoms in total. The van der Waals surface area contributed by atoms with Crippen molar-refractivity contribution < 1.29 is 13.5 Å². The van der Waals surface area contributed by atoms with E-state index in [1.54, 1.807) is 6.07 Å². The van der Waals surface area contributed by atoms with Crippen LogP contribution >= 0.6 is 0 Å². The van der Waals surface area contributed by atoms with E-state index >= 15 is 0 Å². The molecule has 0 bridgehead atoms. The van der Waals surface area contributed by atoms with Gasteiger partial charge in [-0.05, 0) is 73.8 Å². The Labute approximate surface area is 154 Å². The van der Waals surface area contributed by atoms with E-state index in [-0.39, 0.29) is 5.92 Å². The Balaban J connectivity index is 1.53. The molecule has 1 aliphatic rings. The number of aromatic nitrogens is 1. The molecular weight excluding hydrogens is 332 g/mol. The third-order valence-electron chi connectivity index (χ3n) is 5.38. The van der Waals surface area contributed by atoms with E-state index in [9.17, 15) is 8.78 Å². The summed E-state index contributed by atoms with van der Waals surface area (Å²) in [7, 11) is 0. The zero-order valence-electron chi connectivity index (χ0n) is 15.4. The highest BCUT2D eigenvalue weighted by Crippen LogP contribution is 2.41. The Kier molecular flexibility index (Phi) is 6.59. The van der Waals surface area contributed by atoms with Crippen LogP contribution in [0.5, 0.6) is 5.75 Å². The Bertz CT molecular complexity index is 694. The summed E-state index contributed by atoms with van der Waals surface area (Å²) in [5.41, 5.74) is 1.88. The molecule has 1 aromatic heterocycles. The van der Waals surface area contributed by atoms with Crippen molar-refractivity contribution in [3.05, 3.63) is 59.4 Å². The molecule has 0 aliphatic heterocycles. The standard InChI is InChI=1S/C22H27F2NO/c1-2-3-4-15-26-19-11-9-17(10-12-19)16-5-7-18(8-6-16)20-13-14-21(23)25-22(20)24/h9-14,16,18H,2-8,15H2,1H3. The van der Waals surface area contributed by atoms with Crippen LogP contribution in [0.2, 0.25) is 0 Å². The molecule has 2 aromatic rings. The van der Waals surface area contributed by atoms with E-state index in [4.69, 9.17) is 4.74 Å². The van der Waals surface area contributed by atoms with Crippen LogP contribution in [0.25, 0.3) is 0 Å². The van der Waals surface area contributed by atoms with Crippen molar-refractivity contribution in [3.8, 4) is 5.75 Å². The first-order chi connectivity index (χ1) is 12.7. The van der Waals surface area contributed by atoms with Crippen LogP contribution in [0, 0.1) is 11.9 Å². The summed E-state index contributed by atoms with van der Waals surface area (Å²) in [5.74, 6) is 0.158. The average Bonchev–Trinajstić information content (AvgIpc) is 2.66. The summed E-state index contributed by atoms with van der Waals surface area (Å²) in [6.45, 7) is 2.96. The van der Waals surface area contributed by atoms with E-state index in [0.717, 1.165) is 44.5 Å². The molecule has 26 heavy (non-hydrogen) atoms. The minimum atomic E-state index is -0.753. The van der Waals surface area contributed by atoms with Crippen LogP contribution in [-0.2, 0) is 0 Å². The number of rotatable bonds is 7. The summed E-state index contributed by atoms with van der Waals surface area (Å²) in [6, 6.07) is 11.2. The van der Waals surface area contributed by atoms with Gasteiger partial charge in [-0.25, -0.2) is 0 Å². The Morgan fingerprint density at radius 2 is 1.62 bits per heavy atom. The number of hydrogen-bond acceptors (Lipinski definition) is 2. The largest absolute Gasteiger partial charge is 0.494 e. The van der Waals surface area contributed by atoms with Gasteiger partial charge in [0.1, 0.15) is 5.75 Å². The summed E-state index contributed by atoms with van der Waals surface area (Å²) < 4.78 is 32.6. The van der Waals surface area contributed by atoms with Crippen LogP contribution in [0.3, 0.4) is 0 Å². The second kappa shape index (κ2) is 9.11. The Hall–Kier alpha value is -1.97. The molecule has 1 heterocycles. The van der Waals surface area contributed by atoms with Gasteiger partial charge >= 0.3 is 0 Å². The van der Waals surface area contributed by atoms with Gasteiger partial charge in [0.2, 0.25) is 11.9 Å². The lowest BCUT2D eigenvalue weighted by atomic mass is 9.76. The predicted octanol–water partition coefficient (Wildman–Crippen LogP) is 6.37. The molecule has 0 atom stereocenters. The van der Waals surface area contributed by atoms with Crippen molar-refractivity contribution in [2.75, 3.05) is 6.61 Å². The molecule has 1 fully saturated rings. The first kappa shape index (κ1) is 18.8. The fourth-order valence-corrected chi connectivity index (χ4v) is 3.84. The van der Waals surface area contributed by atoms with Gasteiger partial charge in [0.05, 0.1) is 6.61 Å². The fraction of sp³-hybridized carbons (Fsp3) is 0.500. The zero-order valence-corrected chi connectivity index (χ0v) is 15.4. The van der Waals surface area contributed by atoms with Gasteiger partial charge in [-0.2, -0.15) is 13.8 Å². The SMILES string of the molecule is CCCCCOc1ccc(C2CCC(c3ccc(F)nc3F)CC2)cc1.